The van der Waals surface area contributed by atoms with Crippen LogP contribution < -0.4 is 16.0 Å². The maximum absolute atomic E-state index is 13.5. The molecule has 93 heavy (non-hydrogen) atoms. The molecule has 0 radical (unpaired) electrons. The van der Waals surface area contributed by atoms with E-state index in [0.29, 0.717) is 35.9 Å². The van der Waals surface area contributed by atoms with Crippen molar-refractivity contribution in [1.29, 1.82) is 0 Å². The number of nitrogens with zero attached hydrogens (tertiary/aromatic N) is 6. The van der Waals surface area contributed by atoms with Crippen LogP contribution in [0.3, 0.4) is 0 Å². The Bertz CT molecular complexity index is 3070. The molecule has 6 aromatic rings. The Labute approximate surface area is 571 Å². The van der Waals surface area contributed by atoms with Crippen molar-refractivity contribution in [2.45, 2.75) is 230 Å². The first-order valence-corrected chi connectivity index (χ1v) is 38.3. The van der Waals surface area contributed by atoms with Gasteiger partial charge in [0.15, 0.2) is 17.1 Å². The Hall–Kier alpha value is -5.35. The van der Waals surface area contributed by atoms with Crippen molar-refractivity contribution in [2.75, 3.05) is 17.0 Å². The number of unbranched alkanes of at least 4 members (excludes halogenated alkanes) is 6. The van der Waals surface area contributed by atoms with Crippen LogP contribution in [0.25, 0.3) is 33.8 Å². The number of nitrogens with one attached hydrogen (secondary N) is 3. The molecule has 12 nitrogen and oxygen atoms in total. The van der Waals surface area contributed by atoms with Gasteiger partial charge in [0.05, 0.1) is 23.8 Å². The Morgan fingerprint density at radius 1 is 0.419 bits per heavy atom. The van der Waals surface area contributed by atoms with Crippen LogP contribution in [-0.2, 0) is 19.6 Å². The number of hydrogen-bond donors (Lipinski definition) is 3. The molecule has 0 aliphatic heterocycles. The van der Waals surface area contributed by atoms with Crippen molar-refractivity contribution in [3.63, 3.8) is 0 Å². The lowest BCUT2D eigenvalue weighted by Gasteiger charge is -2.56. The molecule has 498 valence electrons. The Balaban J connectivity index is 0.000000127. The van der Waals surface area contributed by atoms with E-state index in [1.165, 1.54) is 94.3 Å². The fourth-order valence-corrected chi connectivity index (χ4v) is 21.7. The summed E-state index contributed by atoms with van der Waals surface area (Å²) in [7, 11) is 0. The maximum Gasteiger partial charge on any atom is 0.272 e. The molecule has 12 aliphatic carbocycles. The number of aromatic nitrogens is 6. The third-order valence-electron chi connectivity index (χ3n) is 23.6. The normalized spacial score (nSPS) is 28.8. The van der Waals surface area contributed by atoms with E-state index in [0.717, 1.165) is 194 Å². The topological polar surface area (TPSA) is 141 Å². The third-order valence-corrected chi connectivity index (χ3v) is 24.6. The molecular formula is C78H102ClFIN9O3. The van der Waals surface area contributed by atoms with E-state index in [-0.39, 0.29) is 41.0 Å². The average Bonchev–Trinajstić information content (AvgIpc) is 1.57. The molecule has 3 heterocycles. The van der Waals surface area contributed by atoms with Gasteiger partial charge in [-0.15, -0.1) is 11.6 Å². The molecule has 12 bridgehead atoms. The standard InChI is InChI=1S/C26H34ClN3O.C26H34FN3O.C26H34IN3O/c3*1-18-23(25(31)28-26-15-19-12-20(16-26)14-21(13-19)17-26)29-30(11-7-3-6-10-27)24(18)22-8-4-2-5-9-22/h3*2,4-5,8-9,19-21H,3,6-7,10-17H2,1H3,(H,28,31). The molecular weight excluding hydrogens is 1290 g/mol. The molecule has 0 unspecified atom stereocenters. The minimum Gasteiger partial charge on any atom is -0.345 e. The van der Waals surface area contributed by atoms with Gasteiger partial charge in [-0.25, -0.2) is 0 Å². The second-order valence-corrected chi connectivity index (χ2v) is 32.4. The number of aryl methyl sites for hydroxylation is 3. The first-order valence-electron chi connectivity index (χ1n) is 36.2. The number of halogens is 3. The lowest BCUT2D eigenvalue weighted by Crippen LogP contribution is -2.60. The summed E-state index contributed by atoms with van der Waals surface area (Å²) >= 11 is 8.30. The zero-order valence-electron chi connectivity index (χ0n) is 55.7. The molecule has 3 aromatic heterocycles. The van der Waals surface area contributed by atoms with Crippen LogP contribution in [0.2, 0.25) is 0 Å². The second-order valence-electron chi connectivity index (χ2n) is 30.9. The fraction of sp³-hybridized carbons (Fsp3) is 0.615. The van der Waals surface area contributed by atoms with Gasteiger partial charge in [-0.3, -0.25) is 32.8 Å². The average molecular weight is 1400 g/mol. The van der Waals surface area contributed by atoms with Crippen molar-refractivity contribution in [3.05, 3.63) is 125 Å². The van der Waals surface area contributed by atoms with Gasteiger partial charge in [-0.05, 0) is 239 Å². The fourth-order valence-electron chi connectivity index (χ4n) is 21.0. The first kappa shape index (κ1) is 66.3. The summed E-state index contributed by atoms with van der Waals surface area (Å²) in [6.07, 6.45) is 31.7. The molecule has 15 heteroatoms. The predicted molar refractivity (Wildman–Crippen MR) is 379 cm³/mol. The van der Waals surface area contributed by atoms with Crippen molar-refractivity contribution in [3.8, 4) is 33.8 Å². The van der Waals surface area contributed by atoms with Gasteiger partial charge in [-0.2, -0.15) is 15.3 Å². The molecule has 12 saturated carbocycles. The molecule has 12 fully saturated rings. The van der Waals surface area contributed by atoms with Crippen molar-refractivity contribution < 1.29 is 18.8 Å². The van der Waals surface area contributed by atoms with Gasteiger partial charge in [-0.1, -0.05) is 126 Å². The van der Waals surface area contributed by atoms with Gasteiger partial charge < -0.3 is 16.0 Å². The van der Waals surface area contributed by atoms with Crippen LogP contribution in [0.1, 0.15) is 222 Å². The minimum atomic E-state index is -0.275. The van der Waals surface area contributed by atoms with E-state index >= 15 is 0 Å². The summed E-state index contributed by atoms with van der Waals surface area (Å²) in [6, 6.07) is 31.0. The highest BCUT2D eigenvalue weighted by atomic mass is 127. The van der Waals surface area contributed by atoms with E-state index in [1.54, 1.807) is 0 Å². The number of hydrogen-bond acceptors (Lipinski definition) is 6. The smallest absolute Gasteiger partial charge is 0.272 e. The van der Waals surface area contributed by atoms with Crippen molar-refractivity contribution in [2.24, 2.45) is 53.3 Å². The number of amides is 3. The molecule has 0 spiro atoms. The van der Waals surface area contributed by atoms with Gasteiger partial charge in [0.2, 0.25) is 0 Å². The second kappa shape index (κ2) is 29.2. The molecule has 3 amide bonds. The van der Waals surface area contributed by atoms with Gasteiger partial charge in [0.1, 0.15) is 0 Å². The molecule has 3 aromatic carbocycles. The van der Waals surface area contributed by atoms with E-state index in [2.05, 4.69) is 118 Å². The summed E-state index contributed by atoms with van der Waals surface area (Å²) in [5.41, 5.74) is 11.3. The SMILES string of the molecule is Cc1c(C(=O)NC23CC4CC(CC(C4)C2)C3)nn(CCCCCCl)c1-c1ccccc1.Cc1c(C(=O)NC23CC4CC(CC(C4)C2)C3)nn(CCCCCF)c1-c1ccccc1.Cc1c(C(=O)NC23CC4CC(CC(C4)C2)C3)nn(CCCCCI)c1-c1ccccc1. The highest BCUT2D eigenvalue weighted by molar-refractivity contribution is 14.1. The quantitative estimate of drug-likeness (QED) is 0.0313. The highest BCUT2D eigenvalue weighted by Gasteiger charge is 2.54. The summed E-state index contributed by atoms with van der Waals surface area (Å²) < 4.78 is 19.8. The van der Waals surface area contributed by atoms with E-state index in [1.807, 2.05) is 46.6 Å². The van der Waals surface area contributed by atoms with Crippen molar-refractivity contribution >= 4 is 51.9 Å². The van der Waals surface area contributed by atoms with Crippen LogP contribution in [0.15, 0.2) is 91.0 Å². The van der Waals surface area contributed by atoms with E-state index in [9.17, 15) is 18.8 Å². The van der Waals surface area contributed by atoms with E-state index in [4.69, 9.17) is 26.9 Å². The number of carbonyl (C=O) groups is 3. The monoisotopic (exact) mass is 1390 g/mol. The number of alkyl halides is 3. The lowest BCUT2D eigenvalue weighted by molar-refractivity contribution is -0.0172. The highest BCUT2D eigenvalue weighted by Crippen LogP contribution is 2.58. The molecule has 0 saturated heterocycles. The molecule has 18 rings (SSSR count). The summed E-state index contributed by atoms with van der Waals surface area (Å²) in [5, 5.41) is 25.1. The zero-order chi connectivity index (χ0) is 64.3. The van der Waals surface area contributed by atoms with Gasteiger partial charge in [0.25, 0.3) is 17.7 Å². The molecule has 3 N–H and O–H groups in total. The summed E-state index contributed by atoms with van der Waals surface area (Å²) in [5.74, 6) is 8.03. The zero-order valence-corrected chi connectivity index (χ0v) is 58.6. The van der Waals surface area contributed by atoms with Crippen LogP contribution in [0.5, 0.6) is 0 Å². The third kappa shape index (κ3) is 14.8. The Kier molecular flexibility index (Phi) is 20.8. The number of benzene rings is 3. The molecule has 12 aliphatic rings. The first-order chi connectivity index (χ1) is 45.2. The molecule has 0 atom stereocenters. The van der Waals surface area contributed by atoms with Crippen LogP contribution in [-0.4, -0.2) is 80.7 Å². The maximum atomic E-state index is 13.5. The lowest BCUT2D eigenvalue weighted by atomic mass is 9.53. The minimum absolute atomic E-state index is 0.00924. The van der Waals surface area contributed by atoms with Crippen LogP contribution in [0, 0.1) is 74.0 Å². The number of rotatable bonds is 24. The summed E-state index contributed by atoms with van der Waals surface area (Å²) in [6.45, 7) is 8.25. The van der Waals surface area contributed by atoms with Crippen molar-refractivity contribution in [1.82, 2.24) is 45.3 Å². The number of carbonyl (C=O) groups excluding carboxylic acids is 3. The predicted octanol–water partition coefficient (Wildman–Crippen LogP) is 17.8. The van der Waals surface area contributed by atoms with Gasteiger partial charge >= 0.3 is 0 Å². The summed E-state index contributed by atoms with van der Waals surface area (Å²) in [4.78, 5) is 40.5. The van der Waals surface area contributed by atoms with E-state index < -0.39 is 0 Å². The van der Waals surface area contributed by atoms with Crippen LogP contribution >= 0.6 is 34.2 Å². The van der Waals surface area contributed by atoms with Crippen LogP contribution in [0.4, 0.5) is 4.39 Å². The van der Waals surface area contributed by atoms with Gasteiger partial charge in [0, 0.05) is 75.5 Å². The Morgan fingerprint density at radius 2 is 0.677 bits per heavy atom. The Morgan fingerprint density at radius 3 is 0.925 bits per heavy atom. The largest absolute Gasteiger partial charge is 0.345 e.